The van der Waals surface area contributed by atoms with Gasteiger partial charge in [-0.2, -0.15) is 8.78 Å². The Kier molecular flexibility index (Phi) is 4.53. The second-order valence-corrected chi connectivity index (χ2v) is 4.93. The summed E-state index contributed by atoms with van der Waals surface area (Å²) in [4.78, 5) is 0. The lowest BCUT2D eigenvalue weighted by atomic mass is 10.1. The minimum Gasteiger partial charge on any atom is -0.434 e. The Labute approximate surface area is 106 Å². The Morgan fingerprint density at radius 3 is 2.72 bits per heavy atom. The molecule has 0 aromatic heterocycles. The van der Waals surface area contributed by atoms with Crippen LogP contribution in [0.4, 0.5) is 8.78 Å². The lowest BCUT2D eigenvalue weighted by Crippen LogP contribution is -2.22. The summed E-state index contributed by atoms with van der Waals surface area (Å²) in [6.07, 6.45) is 2.65. The van der Waals surface area contributed by atoms with E-state index in [2.05, 4.69) is 17.0 Å². The van der Waals surface area contributed by atoms with Crippen LogP contribution >= 0.6 is 0 Å². The second-order valence-electron chi connectivity index (χ2n) is 4.93. The van der Waals surface area contributed by atoms with Gasteiger partial charge < -0.3 is 10.1 Å². The monoisotopic (exact) mass is 255 g/mol. The summed E-state index contributed by atoms with van der Waals surface area (Å²) in [6, 6.07) is 6.92. The summed E-state index contributed by atoms with van der Waals surface area (Å²) in [5.41, 5.74) is 0.779. The molecule has 0 heterocycles. The van der Waals surface area contributed by atoms with Gasteiger partial charge in [-0.05, 0) is 37.3 Å². The van der Waals surface area contributed by atoms with Crippen LogP contribution < -0.4 is 10.1 Å². The predicted molar refractivity (Wildman–Crippen MR) is 66.7 cm³/mol. The molecule has 1 N–H and O–H groups in total. The SMILES string of the molecule is CC(CNCc1ccccc1OC(F)F)C1CC1. The summed E-state index contributed by atoms with van der Waals surface area (Å²) < 4.78 is 28.9. The van der Waals surface area contributed by atoms with E-state index in [1.165, 1.54) is 12.8 Å². The van der Waals surface area contributed by atoms with Gasteiger partial charge in [0, 0.05) is 12.1 Å². The van der Waals surface area contributed by atoms with E-state index in [4.69, 9.17) is 0 Å². The van der Waals surface area contributed by atoms with Gasteiger partial charge in [0.15, 0.2) is 0 Å². The lowest BCUT2D eigenvalue weighted by Gasteiger charge is -2.14. The van der Waals surface area contributed by atoms with Gasteiger partial charge in [0.25, 0.3) is 0 Å². The predicted octanol–water partition coefficient (Wildman–Crippen LogP) is 3.42. The van der Waals surface area contributed by atoms with Gasteiger partial charge in [-0.1, -0.05) is 25.1 Å². The van der Waals surface area contributed by atoms with Crippen molar-refractivity contribution >= 4 is 0 Å². The minimum absolute atomic E-state index is 0.263. The second kappa shape index (κ2) is 6.14. The maximum absolute atomic E-state index is 12.2. The molecule has 1 saturated carbocycles. The Morgan fingerprint density at radius 2 is 2.06 bits per heavy atom. The number of benzene rings is 1. The molecule has 1 aliphatic rings. The maximum Gasteiger partial charge on any atom is 0.387 e. The molecule has 2 nitrogen and oxygen atoms in total. The molecule has 1 atom stereocenters. The molecule has 1 fully saturated rings. The molecule has 1 aromatic carbocycles. The Morgan fingerprint density at radius 1 is 1.33 bits per heavy atom. The van der Waals surface area contributed by atoms with Gasteiger partial charge in [-0.15, -0.1) is 0 Å². The van der Waals surface area contributed by atoms with Crippen molar-refractivity contribution in [3.05, 3.63) is 29.8 Å². The molecular weight excluding hydrogens is 236 g/mol. The number of para-hydroxylation sites is 1. The zero-order chi connectivity index (χ0) is 13.0. The smallest absolute Gasteiger partial charge is 0.387 e. The third-order valence-electron chi connectivity index (χ3n) is 3.40. The molecule has 0 bridgehead atoms. The molecule has 0 spiro atoms. The van der Waals surface area contributed by atoms with Crippen molar-refractivity contribution in [2.24, 2.45) is 11.8 Å². The molecule has 1 aliphatic carbocycles. The fourth-order valence-electron chi connectivity index (χ4n) is 2.13. The van der Waals surface area contributed by atoms with Crippen molar-refractivity contribution in [2.75, 3.05) is 6.54 Å². The van der Waals surface area contributed by atoms with Crippen LogP contribution in [0.15, 0.2) is 24.3 Å². The molecule has 0 radical (unpaired) electrons. The van der Waals surface area contributed by atoms with Gasteiger partial charge in [0.1, 0.15) is 5.75 Å². The van der Waals surface area contributed by atoms with E-state index in [0.717, 1.165) is 18.0 Å². The van der Waals surface area contributed by atoms with Crippen LogP contribution in [0.1, 0.15) is 25.3 Å². The number of nitrogens with one attached hydrogen (secondary N) is 1. The van der Waals surface area contributed by atoms with Crippen LogP contribution in [0.3, 0.4) is 0 Å². The Balaban J connectivity index is 1.83. The largest absolute Gasteiger partial charge is 0.434 e. The van der Waals surface area contributed by atoms with E-state index in [-0.39, 0.29) is 5.75 Å². The summed E-state index contributed by atoms with van der Waals surface area (Å²) in [5.74, 6) is 1.78. The van der Waals surface area contributed by atoms with Gasteiger partial charge in [0.2, 0.25) is 0 Å². The van der Waals surface area contributed by atoms with E-state index in [1.807, 2.05) is 12.1 Å². The van der Waals surface area contributed by atoms with Crippen molar-refractivity contribution < 1.29 is 13.5 Å². The number of ether oxygens (including phenoxy) is 1. The van der Waals surface area contributed by atoms with Crippen LogP contribution in [-0.2, 0) is 6.54 Å². The van der Waals surface area contributed by atoms with E-state index in [9.17, 15) is 8.78 Å². The third kappa shape index (κ3) is 3.95. The van der Waals surface area contributed by atoms with Crippen molar-refractivity contribution in [1.82, 2.24) is 5.32 Å². The highest BCUT2D eigenvalue weighted by molar-refractivity contribution is 5.33. The van der Waals surface area contributed by atoms with Crippen LogP contribution in [0, 0.1) is 11.8 Å². The standard InChI is InChI=1S/C14H19F2NO/c1-10(11-6-7-11)8-17-9-12-4-2-3-5-13(12)18-14(15)16/h2-5,10-11,14,17H,6-9H2,1H3. The van der Waals surface area contributed by atoms with Gasteiger partial charge in [-0.25, -0.2) is 0 Å². The van der Waals surface area contributed by atoms with E-state index < -0.39 is 6.61 Å². The average Bonchev–Trinajstić information content (AvgIpc) is 3.14. The van der Waals surface area contributed by atoms with Crippen LogP contribution in [0.5, 0.6) is 5.75 Å². The van der Waals surface area contributed by atoms with Crippen LogP contribution in [0.25, 0.3) is 0 Å². The molecule has 1 unspecified atom stereocenters. The zero-order valence-electron chi connectivity index (χ0n) is 10.5. The normalized spacial score (nSPS) is 16.9. The molecule has 0 amide bonds. The average molecular weight is 255 g/mol. The lowest BCUT2D eigenvalue weighted by molar-refractivity contribution is -0.0505. The first-order valence-corrected chi connectivity index (χ1v) is 6.40. The summed E-state index contributed by atoms with van der Waals surface area (Å²) in [7, 11) is 0. The van der Waals surface area contributed by atoms with Crippen molar-refractivity contribution in [2.45, 2.75) is 32.9 Å². The van der Waals surface area contributed by atoms with Gasteiger partial charge in [0.05, 0.1) is 0 Å². The molecule has 1 aromatic rings. The number of alkyl halides is 2. The van der Waals surface area contributed by atoms with Crippen molar-refractivity contribution in [1.29, 1.82) is 0 Å². The topological polar surface area (TPSA) is 21.3 Å². The number of hydrogen-bond donors (Lipinski definition) is 1. The van der Waals surface area contributed by atoms with Gasteiger partial charge in [-0.3, -0.25) is 0 Å². The Bertz CT molecular complexity index is 380. The summed E-state index contributed by atoms with van der Waals surface area (Å²) in [6.45, 7) is 0.955. The molecule has 18 heavy (non-hydrogen) atoms. The molecule has 100 valence electrons. The van der Waals surface area contributed by atoms with Gasteiger partial charge >= 0.3 is 6.61 Å². The fourth-order valence-corrected chi connectivity index (χ4v) is 2.13. The molecule has 0 aliphatic heterocycles. The molecule has 0 saturated heterocycles. The summed E-state index contributed by atoms with van der Waals surface area (Å²) >= 11 is 0. The highest BCUT2D eigenvalue weighted by atomic mass is 19.3. The number of rotatable bonds is 7. The van der Waals surface area contributed by atoms with Crippen molar-refractivity contribution in [3.63, 3.8) is 0 Å². The fraction of sp³-hybridized carbons (Fsp3) is 0.571. The molecule has 2 rings (SSSR count). The maximum atomic E-state index is 12.2. The molecule has 4 heteroatoms. The quantitative estimate of drug-likeness (QED) is 0.806. The first-order chi connectivity index (χ1) is 8.66. The van der Waals surface area contributed by atoms with Crippen LogP contribution in [-0.4, -0.2) is 13.2 Å². The molecular formula is C14H19F2NO. The van der Waals surface area contributed by atoms with Crippen molar-refractivity contribution in [3.8, 4) is 5.75 Å². The first-order valence-electron chi connectivity index (χ1n) is 6.40. The van der Waals surface area contributed by atoms with Crippen LogP contribution in [0.2, 0.25) is 0 Å². The minimum atomic E-state index is -2.77. The number of halogens is 2. The first kappa shape index (κ1) is 13.3. The van der Waals surface area contributed by atoms with E-state index >= 15 is 0 Å². The highest BCUT2D eigenvalue weighted by Gasteiger charge is 2.27. The third-order valence-corrected chi connectivity index (χ3v) is 3.40. The summed E-state index contributed by atoms with van der Waals surface area (Å²) in [5, 5.41) is 3.31. The number of hydrogen-bond acceptors (Lipinski definition) is 2. The Hall–Kier alpha value is -1.16. The van der Waals surface area contributed by atoms with E-state index in [0.29, 0.717) is 12.5 Å². The van der Waals surface area contributed by atoms with E-state index in [1.54, 1.807) is 12.1 Å². The highest BCUT2D eigenvalue weighted by Crippen LogP contribution is 2.36. The zero-order valence-corrected chi connectivity index (χ0v) is 10.5.